The highest BCUT2D eigenvalue weighted by Gasteiger charge is 2.21. The summed E-state index contributed by atoms with van der Waals surface area (Å²) in [5, 5.41) is 13.2. The second-order valence-corrected chi connectivity index (χ2v) is 3.93. The first-order valence-electron chi connectivity index (χ1n) is 5.28. The SMILES string of the molecule is Cn1cc(CNO)c(C2CCOCC2)n1. The molecule has 0 saturated carbocycles. The van der Waals surface area contributed by atoms with Crippen molar-refractivity contribution in [1.82, 2.24) is 15.3 Å². The molecule has 2 heterocycles. The lowest BCUT2D eigenvalue weighted by Gasteiger charge is -2.21. The quantitative estimate of drug-likeness (QED) is 0.726. The van der Waals surface area contributed by atoms with Gasteiger partial charge in [-0.1, -0.05) is 0 Å². The van der Waals surface area contributed by atoms with E-state index >= 15 is 0 Å². The monoisotopic (exact) mass is 211 g/mol. The van der Waals surface area contributed by atoms with E-state index in [1.54, 1.807) is 4.68 Å². The minimum absolute atomic E-state index is 0.459. The molecule has 0 radical (unpaired) electrons. The summed E-state index contributed by atoms with van der Waals surface area (Å²) in [4.78, 5) is 0. The lowest BCUT2D eigenvalue weighted by Crippen LogP contribution is -2.17. The van der Waals surface area contributed by atoms with Gasteiger partial charge in [0.15, 0.2) is 0 Å². The highest BCUT2D eigenvalue weighted by atomic mass is 16.5. The first-order chi connectivity index (χ1) is 7.31. The number of hydroxylamine groups is 1. The van der Waals surface area contributed by atoms with Crippen LogP contribution in [0.1, 0.15) is 30.0 Å². The smallest absolute Gasteiger partial charge is 0.0702 e. The fourth-order valence-electron chi connectivity index (χ4n) is 2.09. The highest BCUT2D eigenvalue weighted by Crippen LogP contribution is 2.27. The Morgan fingerprint density at radius 1 is 1.60 bits per heavy atom. The lowest BCUT2D eigenvalue weighted by atomic mass is 9.94. The van der Waals surface area contributed by atoms with Gasteiger partial charge in [0.2, 0.25) is 0 Å². The Hall–Kier alpha value is -0.910. The van der Waals surface area contributed by atoms with E-state index in [4.69, 9.17) is 9.94 Å². The Bertz CT molecular complexity index is 318. The van der Waals surface area contributed by atoms with Gasteiger partial charge in [-0.25, -0.2) is 5.48 Å². The van der Waals surface area contributed by atoms with Crippen LogP contribution in [-0.2, 0) is 18.3 Å². The molecule has 0 aliphatic carbocycles. The predicted molar refractivity (Wildman–Crippen MR) is 54.6 cm³/mol. The number of aromatic nitrogens is 2. The maximum atomic E-state index is 8.74. The van der Waals surface area contributed by atoms with Gasteiger partial charge in [0.05, 0.1) is 5.69 Å². The third kappa shape index (κ3) is 2.37. The molecule has 84 valence electrons. The summed E-state index contributed by atoms with van der Waals surface area (Å²) in [5.41, 5.74) is 4.37. The minimum Gasteiger partial charge on any atom is -0.381 e. The van der Waals surface area contributed by atoms with E-state index in [1.807, 2.05) is 13.2 Å². The average molecular weight is 211 g/mol. The minimum atomic E-state index is 0.459. The predicted octanol–water partition coefficient (Wildman–Crippen LogP) is 0.793. The van der Waals surface area contributed by atoms with Crippen molar-refractivity contribution in [2.45, 2.75) is 25.3 Å². The molecule has 5 nitrogen and oxygen atoms in total. The Labute approximate surface area is 89.0 Å². The van der Waals surface area contributed by atoms with E-state index in [0.29, 0.717) is 12.5 Å². The standard InChI is InChI=1S/C10H17N3O2/c1-13-7-9(6-11-14)10(12-13)8-2-4-15-5-3-8/h7-8,11,14H,2-6H2,1H3. The first-order valence-corrected chi connectivity index (χ1v) is 5.28. The molecule has 2 N–H and O–H groups in total. The third-order valence-electron chi connectivity index (χ3n) is 2.81. The zero-order valence-corrected chi connectivity index (χ0v) is 8.94. The summed E-state index contributed by atoms with van der Waals surface area (Å²) in [6.07, 6.45) is 4.00. The van der Waals surface area contributed by atoms with Gasteiger partial charge < -0.3 is 9.94 Å². The van der Waals surface area contributed by atoms with Crippen LogP contribution in [0, 0.1) is 0 Å². The molecule has 0 unspecified atom stereocenters. The molecular formula is C10H17N3O2. The number of nitrogens with zero attached hydrogens (tertiary/aromatic N) is 2. The molecule has 1 aliphatic heterocycles. The maximum absolute atomic E-state index is 8.74. The average Bonchev–Trinajstić information content (AvgIpc) is 2.62. The fraction of sp³-hybridized carbons (Fsp3) is 0.700. The van der Waals surface area contributed by atoms with Crippen LogP contribution in [0.3, 0.4) is 0 Å². The fourth-order valence-corrected chi connectivity index (χ4v) is 2.09. The molecule has 1 fully saturated rings. The van der Waals surface area contributed by atoms with Crippen molar-refractivity contribution in [3.63, 3.8) is 0 Å². The Morgan fingerprint density at radius 3 is 3.00 bits per heavy atom. The molecular weight excluding hydrogens is 194 g/mol. The van der Waals surface area contributed by atoms with Gasteiger partial charge >= 0.3 is 0 Å². The Morgan fingerprint density at radius 2 is 2.33 bits per heavy atom. The van der Waals surface area contributed by atoms with E-state index in [9.17, 15) is 0 Å². The summed E-state index contributed by atoms with van der Waals surface area (Å²) in [6.45, 7) is 2.08. The van der Waals surface area contributed by atoms with Crippen molar-refractivity contribution in [2.75, 3.05) is 13.2 Å². The number of aryl methyl sites for hydroxylation is 1. The van der Waals surface area contributed by atoms with E-state index in [-0.39, 0.29) is 0 Å². The maximum Gasteiger partial charge on any atom is 0.0702 e. The van der Waals surface area contributed by atoms with Crippen LogP contribution in [0.15, 0.2) is 6.20 Å². The van der Waals surface area contributed by atoms with Crippen LogP contribution < -0.4 is 5.48 Å². The van der Waals surface area contributed by atoms with Crippen LogP contribution in [-0.4, -0.2) is 28.2 Å². The molecule has 1 aromatic rings. The van der Waals surface area contributed by atoms with Gasteiger partial charge in [0.1, 0.15) is 0 Å². The molecule has 5 heteroatoms. The summed E-state index contributed by atoms with van der Waals surface area (Å²) in [7, 11) is 1.91. The molecule has 2 rings (SSSR count). The number of hydrogen-bond donors (Lipinski definition) is 2. The van der Waals surface area contributed by atoms with Crippen molar-refractivity contribution in [1.29, 1.82) is 0 Å². The normalized spacial score (nSPS) is 18.3. The van der Waals surface area contributed by atoms with Crippen molar-refractivity contribution in [3.8, 4) is 0 Å². The van der Waals surface area contributed by atoms with E-state index < -0.39 is 0 Å². The van der Waals surface area contributed by atoms with Gasteiger partial charge in [-0.15, -0.1) is 0 Å². The number of nitrogens with one attached hydrogen (secondary N) is 1. The van der Waals surface area contributed by atoms with Crippen LogP contribution in [0.2, 0.25) is 0 Å². The van der Waals surface area contributed by atoms with Crippen molar-refractivity contribution in [2.24, 2.45) is 7.05 Å². The molecule has 1 aliphatic rings. The number of rotatable bonds is 3. The van der Waals surface area contributed by atoms with Gasteiger partial charge in [-0.3, -0.25) is 4.68 Å². The van der Waals surface area contributed by atoms with Gasteiger partial charge in [0, 0.05) is 44.5 Å². The van der Waals surface area contributed by atoms with Crippen LogP contribution in [0.5, 0.6) is 0 Å². The lowest BCUT2D eigenvalue weighted by molar-refractivity contribution is 0.0839. The molecule has 1 aromatic heterocycles. The summed E-state index contributed by atoms with van der Waals surface area (Å²) in [5.74, 6) is 0.475. The number of hydrogen-bond acceptors (Lipinski definition) is 4. The largest absolute Gasteiger partial charge is 0.381 e. The van der Waals surface area contributed by atoms with Crippen LogP contribution >= 0.6 is 0 Å². The van der Waals surface area contributed by atoms with Crippen LogP contribution in [0.4, 0.5) is 0 Å². The third-order valence-corrected chi connectivity index (χ3v) is 2.81. The van der Waals surface area contributed by atoms with E-state index in [0.717, 1.165) is 37.3 Å². The Balaban J connectivity index is 2.17. The van der Waals surface area contributed by atoms with Crippen molar-refractivity contribution >= 4 is 0 Å². The topological polar surface area (TPSA) is 59.3 Å². The molecule has 15 heavy (non-hydrogen) atoms. The second kappa shape index (κ2) is 4.74. The first kappa shape index (κ1) is 10.6. The van der Waals surface area contributed by atoms with Gasteiger partial charge in [-0.2, -0.15) is 5.10 Å². The van der Waals surface area contributed by atoms with Gasteiger partial charge in [0.25, 0.3) is 0 Å². The van der Waals surface area contributed by atoms with Crippen LogP contribution in [0.25, 0.3) is 0 Å². The molecule has 0 atom stereocenters. The highest BCUT2D eigenvalue weighted by molar-refractivity contribution is 5.21. The van der Waals surface area contributed by atoms with Crippen molar-refractivity contribution in [3.05, 3.63) is 17.5 Å². The summed E-state index contributed by atoms with van der Waals surface area (Å²) >= 11 is 0. The molecule has 0 bridgehead atoms. The molecule has 0 spiro atoms. The summed E-state index contributed by atoms with van der Waals surface area (Å²) < 4.78 is 7.13. The van der Waals surface area contributed by atoms with Gasteiger partial charge in [-0.05, 0) is 12.8 Å². The molecule has 1 saturated heterocycles. The number of ether oxygens (including phenoxy) is 1. The summed E-state index contributed by atoms with van der Waals surface area (Å²) in [6, 6.07) is 0. The van der Waals surface area contributed by atoms with E-state index in [2.05, 4.69) is 10.6 Å². The zero-order valence-electron chi connectivity index (χ0n) is 8.94. The Kier molecular flexibility index (Phi) is 3.35. The van der Waals surface area contributed by atoms with E-state index in [1.165, 1.54) is 0 Å². The molecule has 0 amide bonds. The zero-order chi connectivity index (χ0) is 10.7. The van der Waals surface area contributed by atoms with Crippen molar-refractivity contribution < 1.29 is 9.94 Å². The second-order valence-electron chi connectivity index (χ2n) is 3.93. The molecule has 0 aromatic carbocycles.